The molecule has 2 rings (SSSR count). The summed E-state index contributed by atoms with van der Waals surface area (Å²) in [6, 6.07) is 4.56. The number of halogens is 3. The molecule has 0 spiro atoms. The van der Waals surface area contributed by atoms with E-state index in [9.17, 15) is 21.6 Å². The molecule has 116 valence electrons. The molecule has 0 atom stereocenters. The van der Waals surface area contributed by atoms with Crippen LogP contribution in [0.15, 0.2) is 29.3 Å². The van der Waals surface area contributed by atoms with Crippen molar-refractivity contribution in [1.82, 2.24) is 9.29 Å². The first-order chi connectivity index (χ1) is 9.65. The summed E-state index contributed by atoms with van der Waals surface area (Å²) < 4.78 is 62.7. The maximum absolute atomic E-state index is 12.5. The van der Waals surface area contributed by atoms with Crippen LogP contribution in [0, 0.1) is 0 Å². The number of nitrogen functional groups attached to an aromatic ring is 1. The zero-order valence-corrected chi connectivity index (χ0v) is 11.9. The molecule has 2 aromatic rings. The van der Waals surface area contributed by atoms with Crippen LogP contribution in [-0.2, 0) is 10.0 Å². The van der Waals surface area contributed by atoms with Crippen LogP contribution in [0.5, 0.6) is 0 Å². The summed E-state index contributed by atoms with van der Waals surface area (Å²) in [4.78, 5) is 2.51. The van der Waals surface area contributed by atoms with Crippen molar-refractivity contribution in [2.24, 2.45) is 0 Å². The molecule has 3 N–H and O–H groups in total. The molecular formula is C12H14F3N3O2S. The molecule has 0 saturated heterocycles. The molecule has 0 amide bonds. The third-order valence-electron chi connectivity index (χ3n) is 2.99. The predicted octanol–water partition coefficient (Wildman–Crippen LogP) is 2.32. The van der Waals surface area contributed by atoms with Crippen molar-refractivity contribution in [1.29, 1.82) is 0 Å². The molecule has 1 heterocycles. The van der Waals surface area contributed by atoms with E-state index in [1.54, 1.807) is 12.1 Å². The fourth-order valence-corrected chi connectivity index (χ4v) is 3.62. The van der Waals surface area contributed by atoms with Gasteiger partial charge in [-0.05, 0) is 18.2 Å². The third-order valence-corrected chi connectivity index (χ3v) is 4.95. The summed E-state index contributed by atoms with van der Waals surface area (Å²) in [5.41, 5.74) is 6.43. The highest BCUT2D eigenvalue weighted by molar-refractivity contribution is 7.89. The van der Waals surface area contributed by atoms with Crippen molar-refractivity contribution in [3.05, 3.63) is 24.4 Å². The zero-order chi connectivity index (χ0) is 15.8. The van der Waals surface area contributed by atoms with Crippen LogP contribution in [0.4, 0.5) is 18.9 Å². The summed E-state index contributed by atoms with van der Waals surface area (Å²) in [7, 11) is -4.26. The molecule has 1 aromatic heterocycles. The fourth-order valence-electron chi connectivity index (χ4n) is 2.03. The van der Waals surface area contributed by atoms with Crippen LogP contribution >= 0.6 is 0 Å². The topological polar surface area (TPSA) is 79.2 Å². The summed E-state index contributed by atoms with van der Waals surface area (Å²) in [6.07, 6.45) is -3.42. The van der Waals surface area contributed by atoms with E-state index in [0.717, 1.165) is 0 Å². The summed E-state index contributed by atoms with van der Waals surface area (Å²) in [6.45, 7) is -0.454. The minimum absolute atomic E-state index is 0.212. The predicted molar refractivity (Wildman–Crippen MR) is 73.2 cm³/mol. The Morgan fingerprint density at radius 3 is 2.57 bits per heavy atom. The minimum Gasteiger partial charge on any atom is -0.399 e. The molecule has 0 bridgehead atoms. The smallest absolute Gasteiger partial charge is 0.399 e. The number of nitrogens with one attached hydrogen (secondary N) is 1. The van der Waals surface area contributed by atoms with Gasteiger partial charge in [0.25, 0.3) is 0 Å². The molecule has 0 aliphatic carbocycles. The number of aromatic nitrogens is 1. The molecule has 9 heteroatoms. The van der Waals surface area contributed by atoms with Gasteiger partial charge >= 0.3 is 6.18 Å². The van der Waals surface area contributed by atoms with Crippen molar-refractivity contribution < 1.29 is 21.6 Å². The minimum atomic E-state index is -4.60. The van der Waals surface area contributed by atoms with Crippen LogP contribution in [-0.4, -0.2) is 37.0 Å². The van der Waals surface area contributed by atoms with Crippen molar-refractivity contribution in [3.63, 3.8) is 0 Å². The average Bonchev–Trinajstić information content (AvgIpc) is 2.78. The molecule has 1 aromatic carbocycles. The lowest BCUT2D eigenvalue weighted by molar-refractivity contribution is -0.135. The maximum Gasteiger partial charge on any atom is 0.402 e. The van der Waals surface area contributed by atoms with Crippen molar-refractivity contribution in [2.75, 3.05) is 18.8 Å². The molecule has 0 radical (unpaired) electrons. The van der Waals surface area contributed by atoms with E-state index in [0.29, 0.717) is 15.5 Å². The molecule has 0 fully saturated rings. The fraction of sp³-hybridized carbons (Fsp3) is 0.333. The second kappa shape index (κ2) is 5.23. The van der Waals surface area contributed by atoms with Gasteiger partial charge in [-0.3, -0.25) is 0 Å². The number of fused-ring (bicyclic) bond motifs is 1. The van der Waals surface area contributed by atoms with Gasteiger partial charge in [-0.1, -0.05) is 6.92 Å². The number of nitrogens with zero attached hydrogens (tertiary/aromatic N) is 1. The van der Waals surface area contributed by atoms with Gasteiger partial charge in [0, 0.05) is 29.3 Å². The van der Waals surface area contributed by atoms with Crippen LogP contribution in [0.2, 0.25) is 0 Å². The Kier molecular flexibility index (Phi) is 3.89. The number of hydrogen-bond donors (Lipinski definition) is 2. The van der Waals surface area contributed by atoms with E-state index in [2.05, 4.69) is 4.98 Å². The van der Waals surface area contributed by atoms with Gasteiger partial charge in [-0.25, -0.2) is 8.42 Å². The Hall–Kier alpha value is -1.74. The highest BCUT2D eigenvalue weighted by Gasteiger charge is 2.37. The van der Waals surface area contributed by atoms with Crippen molar-refractivity contribution in [3.8, 4) is 0 Å². The first-order valence-corrected chi connectivity index (χ1v) is 7.52. The van der Waals surface area contributed by atoms with E-state index >= 15 is 0 Å². The number of alkyl halides is 3. The maximum atomic E-state index is 12.5. The van der Waals surface area contributed by atoms with E-state index in [4.69, 9.17) is 5.73 Å². The molecule has 0 unspecified atom stereocenters. The number of benzene rings is 1. The number of rotatable bonds is 4. The van der Waals surface area contributed by atoms with Crippen LogP contribution < -0.4 is 5.73 Å². The van der Waals surface area contributed by atoms with Gasteiger partial charge in [-0.15, -0.1) is 0 Å². The number of sulfonamides is 1. The van der Waals surface area contributed by atoms with Gasteiger partial charge < -0.3 is 10.7 Å². The molecule has 0 aliphatic rings. The van der Waals surface area contributed by atoms with Gasteiger partial charge in [-0.2, -0.15) is 17.5 Å². The summed E-state index contributed by atoms with van der Waals surface area (Å²) >= 11 is 0. The van der Waals surface area contributed by atoms with Crippen LogP contribution in [0.1, 0.15) is 6.92 Å². The Bertz CT molecular complexity index is 753. The Balaban J connectivity index is 2.52. The molecule has 5 nitrogen and oxygen atoms in total. The van der Waals surface area contributed by atoms with Crippen molar-refractivity contribution >= 4 is 26.6 Å². The Labute approximate surface area is 119 Å². The second-order valence-corrected chi connectivity index (χ2v) is 6.41. The summed E-state index contributed by atoms with van der Waals surface area (Å²) in [5.74, 6) is 0. The lowest BCUT2D eigenvalue weighted by atomic mass is 10.2. The van der Waals surface area contributed by atoms with Gasteiger partial charge in [0.1, 0.15) is 11.4 Å². The van der Waals surface area contributed by atoms with E-state index < -0.39 is 22.7 Å². The highest BCUT2D eigenvalue weighted by Crippen LogP contribution is 2.29. The first kappa shape index (κ1) is 15.6. The van der Waals surface area contributed by atoms with E-state index in [-0.39, 0.29) is 16.8 Å². The van der Waals surface area contributed by atoms with Gasteiger partial charge in [0.15, 0.2) is 0 Å². The monoisotopic (exact) mass is 321 g/mol. The van der Waals surface area contributed by atoms with Crippen LogP contribution in [0.25, 0.3) is 10.9 Å². The molecular weight excluding hydrogens is 307 g/mol. The zero-order valence-electron chi connectivity index (χ0n) is 11.1. The van der Waals surface area contributed by atoms with E-state index in [1.807, 2.05) is 0 Å². The van der Waals surface area contributed by atoms with E-state index in [1.165, 1.54) is 19.2 Å². The number of nitrogens with two attached hydrogens (primary N) is 1. The summed E-state index contributed by atoms with van der Waals surface area (Å²) in [5, 5.41) is 0.274. The second-order valence-electron chi connectivity index (χ2n) is 4.50. The number of H-pyrrole nitrogens is 1. The van der Waals surface area contributed by atoms with Crippen molar-refractivity contribution in [2.45, 2.75) is 18.0 Å². The largest absolute Gasteiger partial charge is 0.402 e. The number of anilines is 1. The molecule has 0 saturated carbocycles. The number of hydrogen-bond acceptors (Lipinski definition) is 3. The lowest BCUT2D eigenvalue weighted by Gasteiger charge is -2.21. The standard InChI is InChI=1S/C12H14F3N3O2S/c1-2-18(7-12(13,14)15)21(19,20)11-6-17-10-4-3-8(16)5-9(10)11/h3-6,17H,2,7,16H2,1H3. The van der Waals surface area contributed by atoms with Crippen LogP contribution in [0.3, 0.4) is 0 Å². The normalized spacial score (nSPS) is 13.2. The molecule has 0 aliphatic heterocycles. The average molecular weight is 321 g/mol. The van der Waals surface area contributed by atoms with Gasteiger partial charge in [0.2, 0.25) is 10.0 Å². The highest BCUT2D eigenvalue weighted by atomic mass is 32.2. The molecule has 21 heavy (non-hydrogen) atoms. The lowest BCUT2D eigenvalue weighted by Crippen LogP contribution is -2.38. The number of aromatic amines is 1. The Morgan fingerprint density at radius 2 is 2.00 bits per heavy atom. The Morgan fingerprint density at radius 1 is 1.33 bits per heavy atom. The SMILES string of the molecule is CCN(CC(F)(F)F)S(=O)(=O)c1c[nH]c2ccc(N)cc12. The quantitative estimate of drug-likeness (QED) is 0.848. The third kappa shape index (κ3) is 3.13. The first-order valence-electron chi connectivity index (χ1n) is 6.08. The van der Waals surface area contributed by atoms with Gasteiger partial charge in [0.05, 0.1) is 0 Å².